The summed E-state index contributed by atoms with van der Waals surface area (Å²) in [6.45, 7) is 2.98. The lowest BCUT2D eigenvalue weighted by Gasteiger charge is -2.20. The molecule has 4 rings (SSSR count). The highest BCUT2D eigenvalue weighted by Crippen LogP contribution is 2.39. The number of aryl methyl sites for hydroxylation is 1. The van der Waals surface area contributed by atoms with Crippen LogP contribution in [0.5, 0.6) is 11.6 Å². The molecule has 2 aromatic carbocycles. The monoisotopic (exact) mass is 332 g/mol. The Balaban J connectivity index is 1.64. The van der Waals surface area contributed by atoms with Crippen LogP contribution in [0.15, 0.2) is 54.9 Å². The van der Waals surface area contributed by atoms with E-state index in [1.54, 1.807) is 0 Å². The van der Waals surface area contributed by atoms with Gasteiger partial charge in [0.15, 0.2) is 5.82 Å². The molecule has 5 heteroatoms. The van der Waals surface area contributed by atoms with Gasteiger partial charge < -0.3 is 15.4 Å². The van der Waals surface area contributed by atoms with Gasteiger partial charge in [0, 0.05) is 12.2 Å². The predicted octanol–water partition coefficient (Wildman–Crippen LogP) is 4.11. The fourth-order valence-electron chi connectivity index (χ4n) is 3.13. The van der Waals surface area contributed by atoms with E-state index in [4.69, 9.17) is 10.5 Å². The van der Waals surface area contributed by atoms with Crippen molar-refractivity contribution in [3.63, 3.8) is 0 Å². The van der Waals surface area contributed by atoms with Gasteiger partial charge in [0.05, 0.1) is 0 Å². The van der Waals surface area contributed by atoms with Crippen LogP contribution in [-0.4, -0.2) is 16.5 Å². The average molecular weight is 332 g/mol. The first-order valence-corrected chi connectivity index (χ1v) is 8.49. The molecule has 0 atom stereocenters. The summed E-state index contributed by atoms with van der Waals surface area (Å²) >= 11 is 0. The molecule has 5 nitrogen and oxygen atoms in total. The minimum atomic E-state index is 0.388. The largest absolute Gasteiger partial charge is 0.437 e. The highest BCUT2D eigenvalue weighted by molar-refractivity contribution is 5.77. The smallest absolute Gasteiger partial charge is 0.248 e. The number of nitrogens with two attached hydrogens (primary N) is 1. The quantitative estimate of drug-likeness (QED) is 0.779. The number of nitrogens with zero attached hydrogens (tertiary/aromatic N) is 3. The molecule has 0 bridgehead atoms. The topological polar surface area (TPSA) is 64.3 Å². The number of hydrogen-bond donors (Lipinski definition) is 1. The number of ether oxygens (including phenoxy) is 1. The molecule has 0 aliphatic carbocycles. The number of para-hydroxylation sites is 1. The average Bonchev–Trinajstić information content (AvgIpc) is 3.08. The molecule has 1 aliphatic heterocycles. The van der Waals surface area contributed by atoms with Crippen LogP contribution in [0, 0.1) is 0 Å². The van der Waals surface area contributed by atoms with Crippen molar-refractivity contribution in [1.82, 2.24) is 9.97 Å². The SMILES string of the molecule is CCc1ccc(Oc2ncnc(N3CCc4ccccc43)c2N)cc1. The first-order chi connectivity index (χ1) is 12.3. The summed E-state index contributed by atoms with van der Waals surface area (Å²) in [6, 6.07) is 16.3. The Bertz CT molecular complexity index is 892. The Morgan fingerprint density at radius 3 is 2.68 bits per heavy atom. The highest BCUT2D eigenvalue weighted by Gasteiger charge is 2.24. The standard InChI is InChI=1S/C20H20N4O/c1-2-14-7-9-16(10-8-14)25-20-18(21)19(22-13-23-20)24-12-11-15-5-3-4-6-17(15)24/h3-10,13H,2,11-12,21H2,1H3. The maximum absolute atomic E-state index is 6.33. The number of fused-ring (bicyclic) bond motifs is 1. The molecule has 0 saturated heterocycles. The van der Waals surface area contributed by atoms with Crippen molar-refractivity contribution in [3.05, 3.63) is 66.0 Å². The van der Waals surface area contributed by atoms with E-state index in [0.29, 0.717) is 17.4 Å². The predicted molar refractivity (Wildman–Crippen MR) is 99.5 cm³/mol. The zero-order chi connectivity index (χ0) is 17.2. The van der Waals surface area contributed by atoms with Crippen molar-refractivity contribution in [2.45, 2.75) is 19.8 Å². The van der Waals surface area contributed by atoms with Gasteiger partial charge >= 0.3 is 0 Å². The van der Waals surface area contributed by atoms with E-state index in [9.17, 15) is 0 Å². The molecule has 3 aromatic rings. The van der Waals surface area contributed by atoms with Crippen molar-refractivity contribution in [2.24, 2.45) is 0 Å². The second kappa shape index (κ2) is 6.43. The van der Waals surface area contributed by atoms with Gasteiger partial charge in [-0.05, 0) is 42.2 Å². The van der Waals surface area contributed by atoms with Gasteiger partial charge in [0.1, 0.15) is 17.8 Å². The van der Waals surface area contributed by atoms with E-state index < -0.39 is 0 Å². The lowest BCUT2D eigenvalue weighted by molar-refractivity contribution is 0.464. The van der Waals surface area contributed by atoms with Crippen LogP contribution in [0.2, 0.25) is 0 Å². The van der Waals surface area contributed by atoms with Gasteiger partial charge in [0.2, 0.25) is 5.88 Å². The van der Waals surface area contributed by atoms with Crippen LogP contribution in [0.4, 0.5) is 17.2 Å². The fourth-order valence-corrected chi connectivity index (χ4v) is 3.13. The molecule has 1 aliphatic rings. The second-order valence-corrected chi connectivity index (χ2v) is 6.05. The highest BCUT2D eigenvalue weighted by atomic mass is 16.5. The number of benzene rings is 2. The Morgan fingerprint density at radius 1 is 1.08 bits per heavy atom. The van der Waals surface area contributed by atoms with Crippen LogP contribution in [0.1, 0.15) is 18.1 Å². The Kier molecular flexibility index (Phi) is 3.98. The van der Waals surface area contributed by atoms with Crippen molar-refractivity contribution in [2.75, 3.05) is 17.2 Å². The first-order valence-electron chi connectivity index (χ1n) is 8.49. The van der Waals surface area contributed by atoms with E-state index in [2.05, 4.69) is 40.0 Å². The molecule has 0 spiro atoms. The van der Waals surface area contributed by atoms with E-state index in [-0.39, 0.29) is 0 Å². The van der Waals surface area contributed by atoms with Gasteiger partial charge in [0.25, 0.3) is 0 Å². The van der Waals surface area contributed by atoms with E-state index >= 15 is 0 Å². The lowest BCUT2D eigenvalue weighted by Crippen LogP contribution is -2.17. The third-order valence-electron chi connectivity index (χ3n) is 4.52. The Labute approximate surface area is 147 Å². The molecular weight excluding hydrogens is 312 g/mol. The molecule has 0 fully saturated rings. The lowest BCUT2D eigenvalue weighted by atomic mass is 10.2. The number of aromatic nitrogens is 2. The maximum atomic E-state index is 6.33. The summed E-state index contributed by atoms with van der Waals surface area (Å²) in [6.07, 6.45) is 3.48. The third-order valence-corrected chi connectivity index (χ3v) is 4.52. The molecule has 0 radical (unpaired) electrons. The molecular formula is C20H20N4O. The molecule has 0 unspecified atom stereocenters. The summed E-state index contributed by atoms with van der Waals surface area (Å²) in [5, 5.41) is 0. The minimum absolute atomic E-state index is 0.388. The molecule has 1 aromatic heterocycles. The molecule has 0 saturated carbocycles. The van der Waals surface area contributed by atoms with Crippen LogP contribution in [0.25, 0.3) is 0 Å². The van der Waals surface area contributed by atoms with Crippen LogP contribution < -0.4 is 15.4 Å². The van der Waals surface area contributed by atoms with Gasteiger partial charge in [-0.2, -0.15) is 4.98 Å². The fraction of sp³-hybridized carbons (Fsp3) is 0.200. The number of nitrogen functional groups attached to an aromatic ring is 1. The van der Waals surface area contributed by atoms with Gasteiger partial charge in [-0.25, -0.2) is 4.98 Å². The third kappa shape index (κ3) is 2.89. The van der Waals surface area contributed by atoms with E-state index in [1.807, 2.05) is 30.3 Å². The molecule has 0 amide bonds. The Hall–Kier alpha value is -3.08. The van der Waals surface area contributed by atoms with E-state index in [1.165, 1.54) is 17.5 Å². The second-order valence-electron chi connectivity index (χ2n) is 6.05. The van der Waals surface area contributed by atoms with Crippen molar-refractivity contribution in [1.29, 1.82) is 0 Å². The zero-order valence-electron chi connectivity index (χ0n) is 14.1. The van der Waals surface area contributed by atoms with Crippen molar-refractivity contribution in [3.8, 4) is 11.6 Å². The van der Waals surface area contributed by atoms with Crippen LogP contribution >= 0.6 is 0 Å². The summed E-state index contributed by atoms with van der Waals surface area (Å²) < 4.78 is 5.89. The first kappa shape index (κ1) is 15.4. The molecule has 2 N–H and O–H groups in total. The molecule has 126 valence electrons. The van der Waals surface area contributed by atoms with Crippen molar-refractivity contribution < 1.29 is 4.74 Å². The molecule has 25 heavy (non-hydrogen) atoms. The number of rotatable bonds is 4. The summed E-state index contributed by atoms with van der Waals surface area (Å²) in [5.74, 6) is 1.80. The summed E-state index contributed by atoms with van der Waals surface area (Å²) in [7, 11) is 0. The van der Waals surface area contributed by atoms with Gasteiger partial charge in [-0.1, -0.05) is 37.3 Å². The van der Waals surface area contributed by atoms with Crippen LogP contribution in [-0.2, 0) is 12.8 Å². The van der Waals surface area contributed by atoms with Crippen LogP contribution in [0.3, 0.4) is 0 Å². The van der Waals surface area contributed by atoms with Gasteiger partial charge in [-0.15, -0.1) is 0 Å². The summed E-state index contributed by atoms with van der Waals surface area (Å²) in [4.78, 5) is 10.7. The van der Waals surface area contributed by atoms with E-state index in [0.717, 1.165) is 30.8 Å². The van der Waals surface area contributed by atoms with Gasteiger partial charge in [-0.3, -0.25) is 0 Å². The Morgan fingerprint density at radius 2 is 1.88 bits per heavy atom. The number of anilines is 3. The minimum Gasteiger partial charge on any atom is -0.437 e. The molecule has 2 heterocycles. The number of hydrogen-bond acceptors (Lipinski definition) is 5. The normalized spacial score (nSPS) is 12.9. The summed E-state index contributed by atoms with van der Waals surface area (Å²) in [5.41, 5.74) is 10.5. The zero-order valence-corrected chi connectivity index (χ0v) is 14.1. The van der Waals surface area contributed by atoms with Crippen molar-refractivity contribution >= 4 is 17.2 Å². The maximum Gasteiger partial charge on any atom is 0.248 e.